The van der Waals surface area contributed by atoms with Gasteiger partial charge in [0.15, 0.2) is 12.0 Å². The normalized spacial score (nSPS) is 9.80. The topological polar surface area (TPSA) is 50.1 Å². The van der Waals surface area contributed by atoms with Crippen molar-refractivity contribution in [3.63, 3.8) is 0 Å². The van der Waals surface area contributed by atoms with Gasteiger partial charge in [-0.2, -0.15) is 14.0 Å². The molecule has 0 radical (unpaired) electrons. The van der Waals surface area contributed by atoms with E-state index in [0.717, 1.165) is 0 Å². The van der Waals surface area contributed by atoms with Crippen LogP contribution in [0.2, 0.25) is 0 Å². The average Bonchev–Trinajstić information content (AvgIpc) is 2.18. The zero-order valence-corrected chi connectivity index (χ0v) is 7.83. The van der Waals surface area contributed by atoms with Gasteiger partial charge >= 0.3 is 6.61 Å². The number of aldehydes is 1. The summed E-state index contributed by atoms with van der Waals surface area (Å²) in [7, 11) is 0. The fourth-order valence-corrected chi connectivity index (χ4v) is 1.15. The molecule has 78 valence electrons. The van der Waals surface area contributed by atoms with E-state index in [2.05, 4.69) is 4.74 Å². The first kappa shape index (κ1) is 11.1. The Labute approximate surface area is 84.9 Å². The summed E-state index contributed by atoms with van der Waals surface area (Å²) in [6.07, 6.45) is 0.373. The van der Waals surface area contributed by atoms with Gasteiger partial charge in [-0.15, -0.1) is 0 Å². The molecular weight excluding hydrogens is 204 g/mol. The minimum absolute atomic E-state index is 0.0418. The van der Waals surface area contributed by atoms with Gasteiger partial charge in [0.25, 0.3) is 0 Å². The number of nitrogens with zero attached hydrogens (tertiary/aromatic N) is 1. The Hall–Kier alpha value is -1.96. The average molecular weight is 211 g/mol. The van der Waals surface area contributed by atoms with Crippen LogP contribution in [0.1, 0.15) is 21.5 Å². The molecule has 0 unspecified atom stereocenters. The lowest BCUT2D eigenvalue weighted by atomic mass is 10.0. The molecule has 0 heterocycles. The zero-order valence-electron chi connectivity index (χ0n) is 7.83. The minimum atomic E-state index is -3.06. The quantitative estimate of drug-likeness (QED) is 0.720. The van der Waals surface area contributed by atoms with Crippen molar-refractivity contribution in [1.29, 1.82) is 5.26 Å². The van der Waals surface area contributed by atoms with Crippen LogP contribution in [0.5, 0.6) is 5.75 Å². The van der Waals surface area contributed by atoms with Crippen LogP contribution in [0, 0.1) is 18.3 Å². The second-order valence-electron chi connectivity index (χ2n) is 2.78. The fourth-order valence-electron chi connectivity index (χ4n) is 1.15. The Balaban J connectivity index is 3.35. The number of rotatable bonds is 3. The highest BCUT2D eigenvalue weighted by Gasteiger charge is 2.16. The van der Waals surface area contributed by atoms with Crippen molar-refractivity contribution in [1.82, 2.24) is 0 Å². The molecule has 0 aliphatic carbocycles. The summed E-state index contributed by atoms with van der Waals surface area (Å²) in [4.78, 5) is 10.6. The molecule has 0 aromatic heterocycles. The molecule has 15 heavy (non-hydrogen) atoms. The Bertz CT molecular complexity index is 424. The van der Waals surface area contributed by atoms with Crippen molar-refractivity contribution < 1.29 is 18.3 Å². The van der Waals surface area contributed by atoms with E-state index in [0.29, 0.717) is 11.8 Å². The summed E-state index contributed by atoms with van der Waals surface area (Å²) in [6.45, 7) is -1.48. The van der Waals surface area contributed by atoms with Gasteiger partial charge in [-0.25, -0.2) is 0 Å². The predicted molar refractivity (Wildman–Crippen MR) is 47.9 cm³/mol. The molecule has 0 aliphatic heterocycles. The van der Waals surface area contributed by atoms with Crippen LogP contribution in [-0.4, -0.2) is 12.9 Å². The third-order valence-corrected chi connectivity index (χ3v) is 1.84. The van der Waals surface area contributed by atoms with E-state index in [-0.39, 0.29) is 16.9 Å². The Kier molecular flexibility index (Phi) is 3.34. The highest BCUT2D eigenvalue weighted by molar-refractivity contribution is 5.81. The summed E-state index contributed by atoms with van der Waals surface area (Å²) in [6, 6.07) is 4.56. The number of hydrogen-bond donors (Lipinski definition) is 0. The molecule has 0 saturated carbocycles. The first-order valence-corrected chi connectivity index (χ1v) is 4.03. The Morgan fingerprint density at radius 1 is 1.53 bits per heavy atom. The van der Waals surface area contributed by atoms with Gasteiger partial charge in [0.1, 0.15) is 6.07 Å². The van der Waals surface area contributed by atoms with Gasteiger partial charge in [0.05, 0.1) is 11.1 Å². The summed E-state index contributed by atoms with van der Waals surface area (Å²) in [5, 5.41) is 8.74. The number of carbonyl (C=O) groups excluding carboxylic acids is 1. The van der Waals surface area contributed by atoms with Gasteiger partial charge in [0.2, 0.25) is 0 Å². The van der Waals surface area contributed by atoms with Crippen LogP contribution in [-0.2, 0) is 0 Å². The van der Waals surface area contributed by atoms with Crippen LogP contribution in [0.4, 0.5) is 8.78 Å². The lowest BCUT2D eigenvalue weighted by Crippen LogP contribution is -2.07. The van der Waals surface area contributed by atoms with E-state index in [1.54, 1.807) is 13.0 Å². The van der Waals surface area contributed by atoms with Crippen molar-refractivity contribution in [3.05, 3.63) is 28.8 Å². The van der Waals surface area contributed by atoms with Crippen molar-refractivity contribution in [2.75, 3.05) is 0 Å². The lowest BCUT2D eigenvalue weighted by Gasteiger charge is -2.10. The highest BCUT2D eigenvalue weighted by atomic mass is 19.3. The van der Waals surface area contributed by atoms with Gasteiger partial charge in [0, 0.05) is 0 Å². The second-order valence-corrected chi connectivity index (χ2v) is 2.78. The van der Waals surface area contributed by atoms with E-state index in [1.165, 1.54) is 12.1 Å². The molecule has 0 fully saturated rings. The van der Waals surface area contributed by atoms with E-state index in [4.69, 9.17) is 5.26 Å². The van der Waals surface area contributed by atoms with Gasteiger partial charge in [-0.05, 0) is 18.6 Å². The van der Waals surface area contributed by atoms with Gasteiger partial charge < -0.3 is 4.74 Å². The van der Waals surface area contributed by atoms with E-state index in [1.807, 2.05) is 0 Å². The van der Waals surface area contributed by atoms with E-state index >= 15 is 0 Å². The van der Waals surface area contributed by atoms with E-state index in [9.17, 15) is 13.6 Å². The first-order chi connectivity index (χ1) is 7.10. The van der Waals surface area contributed by atoms with Crippen molar-refractivity contribution >= 4 is 6.29 Å². The van der Waals surface area contributed by atoms with Crippen LogP contribution >= 0.6 is 0 Å². The van der Waals surface area contributed by atoms with Crippen molar-refractivity contribution in [2.45, 2.75) is 13.5 Å². The number of ether oxygens (including phenoxy) is 1. The smallest absolute Gasteiger partial charge is 0.387 e. The fraction of sp³-hybridized carbons (Fsp3) is 0.200. The summed E-state index contributed by atoms with van der Waals surface area (Å²) < 4.78 is 28.2. The summed E-state index contributed by atoms with van der Waals surface area (Å²) >= 11 is 0. The standard InChI is InChI=1S/C10H7F2NO2/c1-6-2-3-7(5-14)9(8(6)4-13)15-10(11)12/h2-3,5,10H,1H3. The number of halogens is 2. The van der Waals surface area contributed by atoms with Gasteiger partial charge in [-0.1, -0.05) is 6.07 Å². The maximum atomic E-state index is 12.0. The first-order valence-electron chi connectivity index (χ1n) is 4.03. The molecule has 1 rings (SSSR count). The Morgan fingerprint density at radius 2 is 2.20 bits per heavy atom. The molecule has 3 nitrogen and oxygen atoms in total. The summed E-state index contributed by atoms with van der Waals surface area (Å²) in [5.74, 6) is -0.359. The molecule has 0 aliphatic rings. The molecular formula is C10H7F2NO2. The van der Waals surface area contributed by atoms with Crippen molar-refractivity contribution in [2.24, 2.45) is 0 Å². The number of benzene rings is 1. The monoisotopic (exact) mass is 211 g/mol. The van der Waals surface area contributed by atoms with Crippen LogP contribution < -0.4 is 4.74 Å². The SMILES string of the molecule is Cc1ccc(C=O)c(OC(F)F)c1C#N. The molecule has 1 aromatic rings. The maximum Gasteiger partial charge on any atom is 0.387 e. The van der Waals surface area contributed by atoms with Gasteiger partial charge in [-0.3, -0.25) is 4.79 Å². The lowest BCUT2D eigenvalue weighted by molar-refractivity contribution is -0.0502. The second kappa shape index (κ2) is 4.51. The third-order valence-electron chi connectivity index (χ3n) is 1.84. The largest absolute Gasteiger partial charge is 0.433 e. The molecule has 0 saturated heterocycles. The minimum Gasteiger partial charge on any atom is -0.433 e. The number of carbonyl (C=O) groups is 1. The third kappa shape index (κ3) is 2.29. The zero-order chi connectivity index (χ0) is 11.4. The van der Waals surface area contributed by atoms with Crippen LogP contribution in [0.15, 0.2) is 12.1 Å². The number of nitriles is 1. The van der Waals surface area contributed by atoms with E-state index < -0.39 is 6.61 Å². The molecule has 0 amide bonds. The maximum absolute atomic E-state index is 12.0. The van der Waals surface area contributed by atoms with Crippen LogP contribution in [0.3, 0.4) is 0 Å². The van der Waals surface area contributed by atoms with Crippen LogP contribution in [0.25, 0.3) is 0 Å². The van der Waals surface area contributed by atoms with Crippen molar-refractivity contribution in [3.8, 4) is 11.8 Å². The number of alkyl halides is 2. The number of hydrogen-bond acceptors (Lipinski definition) is 3. The molecule has 0 atom stereocenters. The molecule has 0 N–H and O–H groups in total. The predicted octanol–water partition coefficient (Wildman–Crippen LogP) is 2.28. The molecule has 1 aromatic carbocycles. The number of aryl methyl sites for hydroxylation is 1. The molecule has 5 heteroatoms. The Morgan fingerprint density at radius 3 is 2.67 bits per heavy atom. The highest BCUT2D eigenvalue weighted by Crippen LogP contribution is 2.26. The summed E-state index contributed by atoms with van der Waals surface area (Å²) in [5.41, 5.74) is 0.385. The molecule has 0 spiro atoms. The molecule has 0 bridgehead atoms.